The van der Waals surface area contributed by atoms with Crippen molar-refractivity contribution in [2.24, 2.45) is 0 Å². The van der Waals surface area contributed by atoms with Crippen molar-refractivity contribution in [1.29, 1.82) is 0 Å². The Hall–Kier alpha value is -1.02. The van der Waals surface area contributed by atoms with Gasteiger partial charge in [-0.1, -0.05) is 17.7 Å². The molecule has 2 rings (SSSR count). The second-order valence-electron chi connectivity index (χ2n) is 4.06. The zero-order valence-electron chi connectivity index (χ0n) is 9.13. The van der Waals surface area contributed by atoms with Crippen molar-refractivity contribution in [3.8, 4) is 0 Å². The number of anilines is 1. The van der Waals surface area contributed by atoms with Crippen molar-refractivity contribution >= 4 is 5.69 Å². The average molecular weight is 191 g/mol. The molecule has 0 aromatic heterocycles. The number of benzene rings is 1. The quantitative estimate of drug-likeness (QED) is 0.623. The van der Waals surface area contributed by atoms with Crippen LogP contribution in [0.15, 0.2) is 12.1 Å². The Kier molecular flexibility index (Phi) is 2.46. The first-order valence-electron chi connectivity index (χ1n) is 5.07. The van der Waals surface area contributed by atoms with Gasteiger partial charge in [0.15, 0.2) is 0 Å². The minimum atomic E-state index is 0.752. The van der Waals surface area contributed by atoms with E-state index in [1.165, 1.54) is 22.4 Å². The summed E-state index contributed by atoms with van der Waals surface area (Å²) in [7, 11) is 2.13. The minimum absolute atomic E-state index is 0.752. The molecule has 0 saturated heterocycles. The molecular weight excluding hydrogens is 174 g/mol. The van der Waals surface area contributed by atoms with Crippen molar-refractivity contribution in [3.05, 3.63) is 28.8 Å². The Morgan fingerprint density at radius 1 is 1.29 bits per heavy atom. The third-order valence-electron chi connectivity index (χ3n) is 2.73. The fourth-order valence-corrected chi connectivity index (χ4v) is 2.20. The molecule has 1 aliphatic heterocycles. The van der Waals surface area contributed by atoms with Crippen molar-refractivity contribution in [2.45, 2.75) is 20.5 Å². The zero-order chi connectivity index (χ0) is 10.1. The van der Waals surface area contributed by atoms with Crippen LogP contribution in [0.3, 0.4) is 0 Å². The van der Waals surface area contributed by atoms with Crippen molar-refractivity contribution in [1.82, 2.24) is 0 Å². The van der Waals surface area contributed by atoms with Crippen LogP contribution in [0.2, 0.25) is 0 Å². The molecule has 1 aliphatic rings. The molecular formula is C12H17NO. The van der Waals surface area contributed by atoms with Gasteiger partial charge in [0, 0.05) is 24.8 Å². The van der Waals surface area contributed by atoms with E-state index in [4.69, 9.17) is 4.74 Å². The summed E-state index contributed by atoms with van der Waals surface area (Å²) in [6, 6.07) is 4.46. The lowest BCUT2D eigenvalue weighted by Crippen LogP contribution is -2.21. The van der Waals surface area contributed by atoms with Gasteiger partial charge in [-0.3, -0.25) is 0 Å². The lowest BCUT2D eigenvalue weighted by atomic mass is 10.0. The smallest absolute Gasteiger partial charge is 0.0738 e. The highest BCUT2D eigenvalue weighted by atomic mass is 16.5. The molecule has 0 saturated carbocycles. The fourth-order valence-electron chi connectivity index (χ4n) is 2.20. The molecule has 0 aliphatic carbocycles. The Morgan fingerprint density at radius 2 is 2.07 bits per heavy atom. The number of nitrogens with zero attached hydrogens (tertiary/aromatic N) is 1. The molecule has 2 heteroatoms. The van der Waals surface area contributed by atoms with Gasteiger partial charge >= 0.3 is 0 Å². The van der Waals surface area contributed by atoms with Crippen LogP contribution in [-0.2, 0) is 11.3 Å². The second kappa shape index (κ2) is 3.62. The number of ether oxygens (including phenoxy) is 1. The van der Waals surface area contributed by atoms with Gasteiger partial charge < -0.3 is 9.64 Å². The Labute approximate surface area is 85.5 Å². The second-order valence-corrected chi connectivity index (χ2v) is 4.06. The first kappa shape index (κ1) is 9.53. The van der Waals surface area contributed by atoms with Crippen LogP contribution in [0.4, 0.5) is 5.69 Å². The van der Waals surface area contributed by atoms with Crippen LogP contribution >= 0.6 is 0 Å². The van der Waals surface area contributed by atoms with Gasteiger partial charge in [0.05, 0.1) is 13.2 Å². The first-order chi connectivity index (χ1) is 6.68. The zero-order valence-corrected chi connectivity index (χ0v) is 9.13. The average Bonchev–Trinajstić information content (AvgIpc) is 2.27. The molecule has 1 aromatic rings. The number of hydrogen-bond acceptors (Lipinski definition) is 2. The SMILES string of the molecule is Cc1cc(C)c2c(c1)COCCN2C. The number of rotatable bonds is 0. The third kappa shape index (κ3) is 1.62. The fraction of sp³-hybridized carbons (Fsp3) is 0.500. The van der Waals surface area contributed by atoms with E-state index in [9.17, 15) is 0 Å². The van der Waals surface area contributed by atoms with E-state index in [-0.39, 0.29) is 0 Å². The summed E-state index contributed by atoms with van der Waals surface area (Å²) in [5.41, 5.74) is 5.35. The van der Waals surface area contributed by atoms with Gasteiger partial charge in [0.25, 0.3) is 0 Å². The summed E-state index contributed by atoms with van der Waals surface area (Å²) >= 11 is 0. The lowest BCUT2D eigenvalue weighted by molar-refractivity contribution is 0.133. The molecule has 76 valence electrons. The molecule has 0 N–H and O–H groups in total. The largest absolute Gasteiger partial charge is 0.375 e. The number of aryl methyl sites for hydroxylation is 2. The molecule has 0 unspecified atom stereocenters. The van der Waals surface area contributed by atoms with Crippen LogP contribution < -0.4 is 4.90 Å². The van der Waals surface area contributed by atoms with Crippen LogP contribution in [0.5, 0.6) is 0 Å². The predicted octanol–water partition coefficient (Wildman–Crippen LogP) is 2.27. The van der Waals surface area contributed by atoms with E-state index in [0.29, 0.717) is 0 Å². The van der Waals surface area contributed by atoms with Crippen LogP contribution in [0, 0.1) is 13.8 Å². The van der Waals surface area contributed by atoms with Crippen LogP contribution in [0.25, 0.3) is 0 Å². The Morgan fingerprint density at radius 3 is 2.86 bits per heavy atom. The number of likely N-dealkylation sites (N-methyl/N-ethyl adjacent to an activating group) is 1. The summed E-state index contributed by atoms with van der Waals surface area (Å²) in [6.45, 7) is 6.87. The van der Waals surface area contributed by atoms with Gasteiger partial charge in [0.2, 0.25) is 0 Å². The highest BCUT2D eigenvalue weighted by molar-refractivity contribution is 5.60. The maximum Gasteiger partial charge on any atom is 0.0738 e. The van der Waals surface area contributed by atoms with Gasteiger partial charge in [-0.15, -0.1) is 0 Å². The Bertz CT molecular complexity index is 346. The molecule has 0 radical (unpaired) electrons. The highest BCUT2D eigenvalue weighted by Crippen LogP contribution is 2.28. The molecule has 0 fully saturated rings. The van der Waals surface area contributed by atoms with E-state index in [0.717, 1.165) is 19.8 Å². The van der Waals surface area contributed by atoms with Crippen molar-refractivity contribution in [3.63, 3.8) is 0 Å². The van der Waals surface area contributed by atoms with Gasteiger partial charge in [-0.25, -0.2) is 0 Å². The molecule has 2 nitrogen and oxygen atoms in total. The van der Waals surface area contributed by atoms with E-state index >= 15 is 0 Å². The summed E-state index contributed by atoms with van der Waals surface area (Å²) in [4.78, 5) is 2.29. The summed E-state index contributed by atoms with van der Waals surface area (Å²) in [6.07, 6.45) is 0. The van der Waals surface area contributed by atoms with Gasteiger partial charge in [-0.05, 0) is 19.4 Å². The van der Waals surface area contributed by atoms with E-state index in [1.54, 1.807) is 0 Å². The van der Waals surface area contributed by atoms with Gasteiger partial charge in [0.1, 0.15) is 0 Å². The maximum absolute atomic E-state index is 5.56. The Balaban J connectivity index is 2.53. The van der Waals surface area contributed by atoms with Crippen LogP contribution in [-0.4, -0.2) is 20.2 Å². The highest BCUT2D eigenvalue weighted by Gasteiger charge is 2.14. The van der Waals surface area contributed by atoms with E-state index < -0.39 is 0 Å². The summed E-state index contributed by atoms with van der Waals surface area (Å²) in [5, 5.41) is 0. The standard InChI is InChI=1S/C12H17NO/c1-9-6-10(2)12-11(7-9)8-14-5-4-13(12)3/h6-7H,4-5,8H2,1-3H3. The summed E-state index contributed by atoms with van der Waals surface area (Å²) < 4.78 is 5.56. The normalized spacial score (nSPS) is 16.4. The number of hydrogen-bond donors (Lipinski definition) is 0. The molecule has 1 heterocycles. The van der Waals surface area contributed by atoms with Crippen molar-refractivity contribution < 1.29 is 4.74 Å². The van der Waals surface area contributed by atoms with Gasteiger partial charge in [-0.2, -0.15) is 0 Å². The predicted molar refractivity (Wildman–Crippen MR) is 58.8 cm³/mol. The summed E-state index contributed by atoms with van der Waals surface area (Å²) in [5.74, 6) is 0. The third-order valence-corrected chi connectivity index (χ3v) is 2.73. The topological polar surface area (TPSA) is 12.5 Å². The van der Waals surface area contributed by atoms with Crippen molar-refractivity contribution in [2.75, 3.05) is 25.1 Å². The monoisotopic (exact) mass is 191 g/mol. The van der Waals surface area contributed by atoms with E-state index in [1.807, 2.05) is 0 Å². The molecule has 0 bridgehead atoms. The molecule has 0 atom stereocenters. The number of fused-ring (bicyclic) bond motifs is 1. The molecule has 0 amide bonds. The minimum Gasteiger partial charge on any atom is -0.375 e. The lowest BCUT2D eigenvalue weighted by Gasteiger charge is -2.21. The first-order valence-corrected chi connectivity index (χ1v) is 5.07. The van der Waals surface area contributed by atoms with E-state index in [2.05, 4.69) is 37.9 Å². The maximum atomic E-state index is 5.56. The molecule has 14 heavy (non-hydrogen) atoms. The molecule has 0 spiro atoms. The van der Waals surface area contributed by atoms with Crippen LogP contribution in [0.1, 0.15) is 16.7 Å². The molecule has 1 aromatic carbocycles.